The first-order valence-electron chi connectivity index (χ1n) is 7.69. The maximum absolute atomic E-state index is 14.3. The summed E-state index contributed by atoms with van der Waals surface area (Å²) in [6, 6.07) is 7.10. The Bertz CT molecular complexity index is 1120. The van der Waals surface area contributed by atoms with Gasteiger partial charge in [-0.2, -0.15) is 0 Å². The van der Waals surface area contributed by atoms with Crippen LogP contribution in [0.5, 0.6) is 0 Å². The molecule has 27 heavy (non-hydrogen) atoms. The third-order valence-electron chi connectivity index (χ3n) is 4.00. The summed E-state index contributed by atoms with van der Waals surface area (Å²) >= 11 is 3.39. The molecule has 0 unspecified atom stereocenters. The van der Waals surface area contributed by atoms with Crippen LogP contribution in [-0.4, -0.2) is 24.9 Å². The van der Waals surface area contributed by atoms with Crippen molar-refractivity contribution in [3.05, 3.63) is 57.8 Å². The highest BCUT2D eigenvalue weighted by molar-refractivity contribution is 9.10. The van der Waals surface area contributed by atoms with Crippen LogP contribution in [-0.2, 0) is 16.4 Å². The van der Waals surface area contributed by atoms with Crippen LogP contribution in [0.1, 0.15) is 11.3 Å². The normalized spacial score (nSPS) is 11.8. The van der Waals surface area contributed by atoms with Crippen molar-refractivity contribution in [2.24, 2.45) is 0 Å². The molecule has 0 bridgehead atoms. The predicted octanol–water partition coefficient (Wildman–Crippen LogP) is 4.25. The maximum Gasteiger partial charge on any atom is 0.181 e. The molecule has 0 saturated heterocycles. The number of aliphatic hydroxyl groups excluding tert-OH is 1. The molecule has 0 aliphatic heterocycles. The molecule has 2 aromatic carbocycles. The summed E-state index contributed by atoms with van der Waals surface area (Å²) in [5, 5.41) is 13.5. The van der Waals surface area contributed by atoms with Gasteiger partial charge in [0.1, 0.15) is 28.8 Å². The van der Waals surface area contributed by atoms with Gasteiger partial charge in [-0.1, -0.05) is 27.2 Å². The van der Waals surface area contributed by atoms with E-state index >= 15 is 0 Å². The highest BCUT2D eigenvalue weighted by Crippen LogP contribution is 2.37. The summed E-state index contributed by atoms with van der Waals surface area (Å²) in [6.07, 6.45) is 0.725. The number of nitrogens with zero attached hydrogens (tertiary/aromatic N) is 1. The smallest absolute Gasteiger partial charge is 0.181 e. The predicted molar refractivity (Wildman–Crippen MR) is 98.8 cm³/mol. The zero-order valence-corrected chi connectivity index (χ0v) is 16.7. The number of hydrogen-bond donors (Lipinski definition) is 1. The van der Waals surface area contributed by atoms with Gasteiger partial charge in [-0.25, -0.2) is 17.2 Å². The number of aromatic nitrogens is 1. The molecule has 0 spiro atoms. The second-order valence-corrected chi connectivity index (χ2v) is 8.80. The second kappa shape index (κ2) is 7.14. The van der Waals surface area contributed by atoms with E-state index in [2.05, 4.69) is 21.1 Å². The highest BCUT2D eigenvalue weighted by atomic mass is 79.9. The lowest BCUT2D eigenvalue weighted by atomic mass is 9.98. The van der Waals surface area contributed by atoms with Crippen molar-refractivity contribution in [1.82, 2.24) is 5.16 Å². The fourth-order valence-corrected chi connectivity index (χ4v) is 3.85. The molecule has 0 fully saturated rings. The number of aliphatic hydroxyl groups is 1. The van der Waals surface area contributed by atoms with Crippen LogP contribution in [0.2, 0.25) is 0 Å². The average molecular weight is 458 g/mol. The van der Waals surface area contributed by atoms with Crippen molar-refractivity contribution in [3.8, 4) is 22.4 Å². The van der Waals surface area contributed by atoms with Crippen LogP contribution in [0.25, 0.3) is 22.4 Å². The number of halogens is 3. The standard InChI is InChI=1S/C18H14BrF2NO4S/c1-9-5-10(3-4-12(9)19)17-16(15(8-23)26-22-17)11-6-13(20)18(14(21)7-11)27(2,24)25/h3-7,23H,8H2,1-2H3. The third kappa shape index (κ3) is 3.67. The lowest BCUT2D eigenvalue weighted by molar-refractivity contribution is 0.230. The zero-order valence-electron chi connectivity index (χ0n) is 14.3. The number of hydrogen-bond acceptors (Lipinski definition) is 5. The molecule has 3 aromatic rings. The van der Waals surface area contributed by atoms with E-state index < -0.39 is 33.0 Å². The third-order valence-corrected chi connectivity index (χ3v) is 6.02. The van der Waals surface area contributed by atoms with E-state index in [1.165, 1.54) is 0 Å². The largest absolute Gasteiger partial charge is 0.388 e. The Labute approximate surface area is 162 Å². The Morgan fingerprint density at radius 2 is 1.78 bits per heavy atom. The maximum atomic E-state index is 14.3. The van der Waals surface area contributed by atoms with E-state index in [9.17, 15) is 22.3 Å². The molecule has 9 heteroatoms. The SMILES string of the molecule is Cc1cc(-c2noc(CO)c2-c2cc(F)c(S(C)(=O)=O)c(F)c2)ccc1Br. The van der Waals surface area contributed by atoms with E-state index in [4.69, 9.17) is 4.52 Å². The minimum absolute atomic E-state index is 0.0106. The van der Waals surface area contributed by atoms with Crippen molar-refractivity contribution in [3.63, 3.8) is 0 Å². The fraction of sp³-hybridized carbons (Fsp3) is 0.167. The molecule has 0 atom stereocenters. The van der Waals surface area contributed by atoms with Crippen LogP contribution < -0.4 is 0 Å². The van der Waals surface area contributed by atoms with Crippen molar-refractivity contribution in [2.75, 3.05) is 6.26 Å². The van der Waals surface area contributed by atoms with Crippen LogP contribution in [0.3, 0.4) is 0 Å². The van der Waals surface area contributed by atoms with E-state index in [1.807, 2.05) is 6.92 Å². The van der Waals surface area contributed by atoms with Crippen molar-refractivity contribution in [1.29, 1.82) is 0 Å². The monoisotopic (exact) mass is 457 g/mol. The molecule has 3 rings (SSSR count). The second-order valence-electron chi connectivity index (χ2n) is 5.99. The van der Waals surface area contributed by atoms with Crippen molar-refractivity contribution < 1.29 is 26.8 Å². The molecule has 1 N–H and O–H groups in total. The molecule has 0 radical (unpaired) electrons. The first-order valence-corrected chi connectivity index (χ1v) is 10.4. The average Bonchev–Trinajstić information content (AvgIpc) is 2.99. The summed E-state index contributed by atoms with van der Waals surface area (Å²) in [4.78, 5) is -1.01. The number of sulfone groups is 1. The Balaban J connectivity index is 2.26. The fourth-order valence-electron chi connectivity index (χ4n) is 2.78. The highest BCUT2D eigenvalue weighted by Gasteiger charge is 2.25. The number of benzene rings is 2. The minimum atomic E-state index is -4.08. The van der Waals surface area contributed by atoms with E-state index in [0.29, 0.717) is 5.56 Å². The van der Waals surface area contributed by atoms with Crippen LogP contribution in [0, 0.1) is 18.6 Å². The zero-order chi connectivity index (χ0) is 19.9. The molecular weight excluding hydrogens is 444 g/mol. The van der Waals surface area contributed by atoms with E-state index in [1.54, 1.807) is 18.2 Å². The number of aryl methyl sites for hydroxylation is 1. The Kier molecular flexibility index (Phi) is 5.20. The Morgan fingerprint density at radius 1 is 1.15 bits per heavy atom. The van der Waals surface area contributed by atoms with Crippen molar-refractivity contribution >= 4 is 25.8 Å². The summed E-state index contributed by atoms with van der Waals surface area (Å²) in [5.41, 5.74) is 2.00. The van der Waals surface area contributed by atoms with Gasteiger partial charge in [-0.15, -0.1) is 0 Å². The van der Waals surface area contributed by atoms with Gasteiger partial charge in [0.05, 0.1) is 5.56 Å². The molecule has 1 heterocycles. The van der Waals surface area contributed by atoms with Gasteiger partial charge in [0, 0.05) is 16.3 Å². The lowest BCUT2D eigenvalue weighted by Gasteiger charge is -2.09. The molecule has 0 aliphatic carbocycles. The summed E-state index contributed by atoms with van der Waals surface area (Å²) < 4.78 is 57.9. The van der Waals surface area contributed by atoms with Crippen molar-refractivity contribution in [2.45, 2.75) is 18.4 Å². The molecule has 142 valence electrons. The van der Waals surface area contributed by atoms with Crippen LogP contribution in [0.4, 0.5) is 8.78 Å². The van der Waals surface area contributed by atoms with Crippen LogP contribution in [0.15, 0.2) is 44.2 Å². The van der Waals surface area contributed by atoms with E-state index in [-0.39, 0.29) is 22.6 Å². The van der Waals surface area contributed by atoms with Gasteiger partial charge >= 0.3 is 0 Å². The summed E-state index contributed by atoms with van der Waals surface area (Å²) in [6.45, 7) is 1.31. The minimum Gasteiger partial charge on any atom is -0.388 e. The van der Waals surface area contributed by atoms with E-state index in [0.717, 1.165) is 28.4 Å². The topological polar surface area (TPSA) is 80.4 Å². The van der Waals surface area contributed by atoms with Gasteiger partial charge in [0.25, 0.3) is 0 Å². The number of rotatable bonds is 4. The van der Waals surface area contributed by atoms with Gasteiger partial charge in [-0.3, -0.25) is 0 Å². The lowest BCUT2D eigenvalue weighted by Crippen LogP contribution is -2.05. The van der Waals surface area contributed by atoms with Gasteiger partial charge in [-0.05, 0) is 42.3 Å². The summed E-state index contributed by atoms with van der Waals surface area (Å²) in [5.74, 6) is -2.44. The summed E-state index contributed by atoms with van der Waals surface area (Å²) in [7, 11) is -4.08. The molecule has 0 aliphatic rings. The van der Waals surface area contributed by atoms with Crippen LogP contribution >= 0.6 is 15.9 Å². The first kappa shape index (κ1) is 19.7. The molecule has 1 aromatic heterocycles. The quantitative estimate of drug-likeness (QED) is 0.633. The first-order chi connectivity index (χ1) is 12.6. The Morgan fingerprint density at radius 3 is 2.30 bits per heavy atom. The van der Waals surface area contributed by atoms with Gasteiger partial charge < -0.3 is 9.63 Å². The molecule has 5 nitrogen and oxygen atoms in total. The van der Waals surface area contributed by atoms with Gasteiger partial charge in [0.15, 0.2) is 15.6 Å². The molecular formula is C18H14BrF2NO4S. The Hall–Kier alpha value is -2.10. The molecule has 0 saturated carbocycles. The van der Waals surface area contributed by atoms with Gasteiger partial charge in [0.2, 0.25) is 0 Å². The molecule has 0 amide bonds.